The van der Waals surface area contributed by atoms with Gasteiger partial charge in [-0.1, -0.05) is 11.6 Å². The Bertz CT molecular complexity index is 324. The van der Waals surface area contributed by atoms with E-state index in [0.29, 0.717) is 10.8 Å². The van der Waals surface area contributed by atoms with E-state index in [1.165, 1.54) is 0 Å². The van der Waals surface area contributed by atoms with Crippen LogP contribution in [-0.4, -0.2) is 14.2 Å². The van der Waals surface area contributed by atoms with E-state index in [4.69, 9.17) is 21.1 Å². The summed E-state index contributed by atoms with van der Waals surface area (Å²) in [5.41, 5.74) is 3.26. The monoisotopic (exact) mass is 214 g/mol. The first-order chi connectivity index (χ1) is 6.54. The van der Waals surface area contributed by atoms with E-state index < -0.39 is 0 Å². The van der Waals surface area contributed by atoms with Gasteiger partial charge in [-0.3, -0.25) is 0 Å². The Hall–Kier alpha value is -0.890. The minimum Gasteiger partial charge on any atom is -0.493 e. The molecule has 0 atom stereocenters. The molecule has 0 unspecified atom stereocenters. The van der Waals surface area contributed by atoms with Crippen molar-refractivity contribution in [2.75, 3.05) is 14.2 Å². The molecule has 3 heteroatoms. The molecule has 0 radical (unpaired) electrons. The van der Waals surface area contributed by atoms with Crippen molar-refractivity contribution < 1.29 is 9.47 Å². The summed E-state index contributed by atoms with van der Waals surface area (Å²) in [7, 11) is 3.22. The molecule has 0 saturated carbocycles. The molecule has 0 aromatic heterocycles. The number of rotatable bonds is 2. The molecule has 0 aliphatic carbocycles. The summed E-state index contributed by atoms with van der Waals surface area (Å²) >= 11 is 6.15. The molecule has 0 bridgehead atoms. The second kappa shape index (κ2) is 4.09. The van der Waals surface area contributed by atoms with E-state index >= 15 is 0 Å². The van der Waals surface area contributed by atoms with Crippen molar-refractivity contribution in [3.05, 3.63) is 21.7 Å². The van der Waals surface area contributed by atoms with E-state index in [9.17, 15) is 0 Å². The molecule has 2 nitrogen and oxygen atoms in total. The highest BCUT2D eigenvalue weighted by atomic mass is 35.5. The number of benzene rings is 1. The summed E-state index contributed by atoms with van der Waals surface area (Å²) in [6, 6.07) is 0. The Morgan fingerprint density at radius 1 is 0.786 bits per heavy atom. The van der Waals surface area contributed by atoms with Crippen LogP contribution in [0.5, 0.6) is 11.5 Å². The maximum Gasteiger partial charge on any atom is 0.179 e. The van der Waals surface area contributed by atoms with Gasteiger partial charge in [-0.15, -0.1) is 0 Å². The molecule has 0 saturated heterocycles. The van der Waals surface area contributed by atoms with Gasteiger partial charge in [0, 0.05) is 0 Å². The first kappa shape index (κ1) is 11.2. The third-order valence-electron chi connectivity index (χ3n) is 2.61. The van der Waals surface area contributed by atoms with Gasteiger partial charge in [0.25, 0.3) is 0 Å². The van der Waals surface area contributed by atoms with Crippen LogP contribution in [0.4, 0.5) is 0 Å². The quantitative estimate of drug-likeness (QED) is 0.752. The Morgan fingerprint density at radius 2 is 1.29 bits per heavy atom. The lowest BCUT2D eigenvalue weighted by molar-refractivity contribution is 0.352. The van der Waals surface area contributed by atoms with Crippen LogP contribution >= 0.6 is 11.6 Å². The maximum absolute atomic E-state index is 6.15. The van der Waals surface area contributed by atoms with Crippen molar-refractivity contribution in [3.8, 4) is 11.5 Å². The molecule has 1 aromatic carbocycles. The van der Waals surface area contributed by atoms with Crippen LogP contribution in [0.1, 0.15) is 16.7 Å². The summed E-state index contributed by atoms with van der Waals surface area (Å²) in [5.74, 6) is 1.34. The summed E-state index contributed by atoms with van der Waals surface area (Å²) in [4.78, 5) is 0. The van der Waals surface area contributed by atoms with E-state index in [1.807, 2.05) is 20.8 Å². The van der Waals surface area contributed by atoms with Crippen LogP contribution < -0.4 is 9.47 Å². The predicted molar refractivity (Wildman–Crippen MR) is 58.8 cm³/mol. The van der Waals surface area contributed by atoms with Gasteiger partial charge in [0.15, 0.2) is 11.5 Å². The number of ether oxygens (including phenoxy) is 2. The molecule has 0 aliphatic rings. The second-order valence-corrected chi connectivity index (χ2v) is 3.63. The molecule has 0 N–H and O–H groups in total. The van der Waals surface area contributed by atoms with Gasteiger partial charge >= 0.3 is 0 Å². The van der Waals surface area contributed by atoms with Crippen LogP contribution in [0.2, 0.25) is 5.02 Å². The van der Waals surface area contributed by atoms with Gasteiger partial charge in [-0.2, -0.15) is 0 Å². The summed E-state index contributed by atoms with van der Waals surface area (Å²) < 4.78 is 10.5. The van der Waals surface area contributed by atoms with Gasteiger partial charge in [-0.05, 0) is 37.5 Å². The average Bonchev–Trinajstić information content (AvgIpc) is 2.20. The molecule has 0 aliphatic heterocycles. The van der Waals surface area contributed by atoms with Crippen LogP contribution in [-0.2, 0) is 0 Å². The fourth-order valence-corrected chi connectivity index (χ4v) is 1.79. The van der Waals surface area contributed by atoms with Crippen LogP contribution in [0.15, 0.2) is 0 Å². The standard InChI is InChI=1S/C11H15ClO2/c1-6-7(2)9(12)11(14-5)10(13-4)8(6)3/h1-5H3. The van der Waals surface area contributed by atoms with Crippen molar-refractivity contribution in [1.29, 1.82) is 0 Å². The molecular formula is C11H15ClO2. The van der Waals surface area contributed by atoms with Crippen molar-refractivity contribution >= 4 is 11.6 Å². The highest BCUT2D eigenvalue weighted by Crippen LogP contribution is 2.41. The highest BCUT2D eigenvalue weighted by Gasteiger charge is 2.17. The lowest BCUT2D eigenvalue weighted by atomic mass is 10.0. The number of hydrogen-bond donors (Lipinski definition) is 0. The maximum atomic E-state index is 6.15. The average molecular weight is 215 g/mol. The second-order valence-electron chi connectivity index (χ2n) is 3.26. The molecule has 1 aromatic rings. The molecule has 0 spiro atoms. The first-order valence-corrected chi connectivity index (χ1v) is 4.79. The Balaban J connectivity index is 3.57. The zero-order valence-corrected chi connectivity index (χ0v) is 9.95. The highest BCUT2D eigenvalue weighted by molar-refractivity contribution is 6.33. The lowest BCUT2D eigenvalue weighted by Gasteiger charge is -2.16. The van der Waals surface area contributed by atoms with Crippen molar-refractivity contribution in [1.82, 2.24) is 0 Å². The SMILES string of the molecule is COc1c(C)c(C)c(C)c(Cl)c1OC. The van der Waals surface area contributed by atoms with Gasteiger partial charge in [0.2, 0.25) is 0 Å². The fourth-order valence-electron chi connectivity index (χ4n) is 1.48. The van der Waals surface area contributed by atoms with Gasteiger partial charge in [0.1, 0.15) is 0 Å². The summed E-state index contributed by atoms with van der Waals surface area (Å²) in [6.45, 7) is 6.01. The largest absolute Gasteiger partial charge is 0.493 e. The molecule has 0 fully saturated rings. The van der Waals surface area contributed by atoms with Crippen molar-refractivity contribution in [3.63, 3.8) is 0 Å². The zero-order chi connectivity index (χ0) is 10.9. The molecule has 0 amide bonds. The molecule has 0 heterocycles. The van der Waals surface area contributed by atoms with Crippen LogP contribution in [0.25, 0.3) is 0 Å². The van der Waals surface area contributed by atoms with Crippen LogP contribution in [0, 0.1) is 20.8 Å². The predicted octanol–water partition coefficient (Wildman–Crippen LogP) is 3.28. The number of methoxy groups -OCH3 is 2. The summed E-state index contributed by atoms with van der Waals surface area (Å²) in [5, 5.41) is 0.632. The Kier molecular flexibility index (Phi) is 3.27. The van der Waals surface area contributed by atoms with E-state index in [2.05, 4.69) is 0 Å². The fraction of sp³-hybridized carbons (Fsp3) is 0.455. The molecule has 78 valence electrons. The van der Waals surface area contributed by atoms with E-state index in [-0.39, 0.29) is 0 Å². The van der Waals surface area contributed by atoms with Crippen molar-refractivity contribution in [2.24, 2.45) is 0 Å². The third kappa shape index (κ3) is 1.55. The lowest BCUT2D eigenvalue weighted by Crippen LogP contribution is -1.98. The van der Waals surface area contributed by atoms with E-state index in [1.54, 1.807) is 14.2 Å². The molecule has 14 heavy (non-hydrogen) atoms. The number of halogens is 1. The molecular weight excluding hydrogens is 200 g/mol. The first-order valence-electron chi connectivity index (χ1n) is 4.41. The normalized spacial score (nSPS) is 10.1. The summed E-state index contributed by atoms with van der Waals surface area (Å²) in [6.07, 6.45) is 0. The third-order valence-corrected chi connectivity index (χ3v) is 3.06. The van der Waals surface area contributed by atoms with Gasteiger partial charge in [-0.25, -0.2) is 0 Å². The Labute approximate surface area is 89.8 Å². The number of hydrogen-bond acceptors (Lipinski definition) is 2. The molecule has 1 rings (SSSR count). The van der Waals surface area contributed by atoms with E-state index in [0.717, 1.165) is 22.4 Å². The minimum absolute atomic E-state index is 0.620. The zero-order valence-electron chi connectivity index (χ0n) is 9.19. The minimum atomic E-state index is 0.620. The van der Waals surface area contributed by atoms with Crippen molar-refractivity contribution in [2.45, 2.75) is 20.8 Å². The van der Waals surface area contributed by atoms with Gasteiger partial charge < -0.3 is 9.47 Å². The van der Waals surface area contributed by atoms with Crippen LogP contribution in [0.3, 0.4) is 0 Å². The topological polar surface area (TPSA) is 18.5 Å². The smallest absolute Gasteiger partial charge is 0.179 e. The van der Waals surface area contributed by atoms with Gasteiger partial charge in [0.05, 0.1) is 19.2 Å². The Morgan fingerprint density at radius 3 is 1.71 bits per heavy atom.